The number of benzene rings is 1. The van der Waals surface area contributed by atoms with Gasteiger partial charge in [-0.15, -0.1) is 0 Å². The van der Waals surface area contributed by atoms with Gasteiger partial charge >= 0.3 is 5.97 Å². The Morgan fingerprint density at radius 3 is 2.74 bits per heavy atom. The number of hydrogen-bond acceptors (Lipinski definition) is 4. The summed E-state index contributed by atoms with van der Waals surface area (Å²) in [6, 6.07) is 5.74. The molecule has 0 N–H and O–H groups in total. The summed E-state index contributed by atoms with van der Waals surface area (Å²) in [6.45, 7) is 1.91. The van der Waals surface area contributed by atoms with Crippen LogP contribution in [0.2, 0.25) is 0 Å². The Hall–Kier alpha value is -1.62. The molecule has 0 amide bonds. The molecule has 2 rings (SSSR count). The van der Waals surface area contributed by atoms with E-state index in [9.17, 15) is 9.59 Å². The number of carbonyl (C=O) groups excluding carboxylic acids is 2. The molecule has 0 saturated carbocycles. The van der Waals surface area contributed by atoms with E-state index >= 15 is 0 Å². The highest BCUT2D eigenvalue weighted by atomic mass is 79.9. The van der Waals surface area contributed by atoms with Crippen LogP contribution in [0.15, 0.2) is 34.3 Å². The first-order chi connectivity index (χ1) is 10.9. The third kappa shape index (κ3) is 3.66. The number of ketones is 1. The minimum absolute atomic E-state index is 0.0747. The Bertz CT molecular complexity index is 650. The first kappa shape index (κ1) is 17.7. The molecule has 0 bridgehead atoms. The maximum absolute atomic E-state index is 12.4. The molecule has 0 aromatic heterocycles. The summed E-state index contributed by atoms with van der Waals surface area (Å²) in [5.41, 5.74) is 1.11. The van der Waals surface area contributed by atoms with Gasteiger partial charge in [-0.3, -0.25) is 9.59 Å². The highest BCUT2D eigenvalue weighted by Gasteiger charge is 2.44. The highest BCUT2D eigenvalue weighted by Crippen LogP contribution is 2.42. The molecule has 5 heteroatoms. The molecule has 1 aliphatic carbocycles. The maximum Gasteiger partial charge on any atom is 0.316 e. The molecule has 124 valence electrons. The maximum atomic E-state index is 12.4. The van der Waals surface area contributed by atoms with Crippen LogP contribution >= 0.6 is 15.9 Å². The Labute approximate surface area is 145 Å². The average molecular weight is 381 g/mol. The van der Waals surface area contributed by atoms with E-state index in [1.54, 1.807) is 7.11 Å². The number of carbonyl (C=O) groups is 2. The molecule has 0 spiro atoms. The van der Waals surface area contributed by atoms with Gasteiger partial charge in [-0.1, -0.05) is 27.6 Å². The predicted octanol–water partition coefficient (Wildman–Crippen LogP) is 3.86. The normalized spacial score (nSPS) is 20.9. The smallest absolute Gasteiger partial charge is 0.316 e. The van der Waals surface area contributed by atoms with Crippen LogP contribution in [0, 0.1) is 5.41 Å². The molecular weight excluding hydrogens is 360 g/mol. The minimum atomic E-state index is -0.855. The van der Waals surface area contributed by atoms with Crippen LogP contribution in [-0.2, 0) is 20.7 Å². The van der Waals surface area contributed by atoms with Gasteiger partial charge in [-0.25, -0.2) is 0 Å². The second kappa shape index (κ2) is 7.30. The Morgan fingerprint density at radius 2 is 2.09 bits per heavy atom. The Kier molecular flexibility index (Phi) is 5.63. The van der Waals surface area contributed by atoms with Crippen molar-refractivity contribution in [3.05, 3.63) is 39.9 Å². The van der Waals surface area contributed by atoms with Crippen molar-refractivity contribution in [2.45, 2.75) is 32.6 Å². The number of Topliss-reactive ketones (excluding diaryl/α,β-unsaturated/α-hetero) is 1. The zero-order valence-electron chi connectivity index (χ0n) is 13.6. The average Bonchev–Trinajstić information content (AvgIpc) is 2.56. The SMILES string of the molecule is COC(=O)C1(CCc2cc(OC)ccc2Br)CC(=O)CC=C1C. The summed E-state index contributed by atoms with van der Waals surface area (Å²) >= 11 is 3.53. The number of allylic oxidation sites excluding steroid dienone is 1. The molecule has 0 aliphatic heterocycles. The van der Waals surface area contributed by atoms with Gasteiger partial charge in [0.2, 0.25) is 0 Å². The molecular formula is C18H21BrO4. The lowest BCUT2D eigenvalue weighted by molar-refractivity contribution is -0.153. The van der Waals surface area contributed by atoms with Crippen molar-refractivity contribution in [2.24, 2.45) is 5.41 Å². The molecule has 0 saturated heterocycles. The first-order valence-electron chi connectivity index (χ1n) is 7.52. The van der Waals surface area contributed by atoms with Gasteiger partial charge in [0.25, 0.3) is 0 Å². The second-order valence-electron chi connectivity index (χ2n) is 5.84. The first-order valence-corrected chi connectivity index (χ1v) is 8.32. The van der Waals surface area contributed by atoms with Crippen LogP contribution < -0.4 is 4.74 Å². The van der Waals surface area contributed by atoms with E-state index in [4.69, 9.17) is 9.47 Å². The molecule has 1 aromatic rings. The van der Waals surface area contributed by atoms with Crippen molar-refractivity contribution in [3.63, 3.8) is 0 Å². The zero-order valence-corrected chi connectivity index (χ0v) is 15.2. The number of ether oxygens (including phenoxy) is 2. The third-order valence-electron chi connectivity index (χ3n) is 4.54. The number of aryl methyl sites for hydroxylation is 1. The molecule has 0 radical (unpaired) electrons. The number of rotatable bonds is 5. The Morgan fingerprint density at radius 1 is 1.35 bits per heavy atom. The number of hydrogen-bond donors (Lipinski definition) is 0. The van der Waals surface area contributed by atoms with E-state index < -0.39 is 5.41 Å². The van der Waals surface area contributed by atoms with E-state index in [-0.39, 0.29) is 18.2 Å². The summed E-state index contributed by atoms with van der Waals surface area (Å²) in [7, 11) is 2.99. The van der Waals surface area contributed by atoms with E-state index in [2.05, 4.69) is 15.9 Å². The predicted molar refractivity (Wildman–Crippen MR) is 91.5 cm³/mol. The summed E-state index contributed by atoms with van der Waals surface area (Å²) in [6.07, 6.45) is 3.63. The van der Waals surface area contributed by atoms with Gasteiger partial charge < -0.3 is 9.47 Å². The molecule has 23 heavy (non-hydrogen) atoms. The van der Waals surface area contributed by atoms with E-state index in [0.717, 1.165) is 21.4 Å². The van der Waals surface area contributed by atoms with Gasteiger partial charge in [0.05, 0.1) is 19.6 Å². The molecule has 1 aliphatic rings. The summed E-state index contributed by atoms with van der Waals surface area (Å²) in [4.78, 5) is 24.4. The lowest BCUT2D eigenvalue weighted by Crippen LogP contribution is -2.38. The summed E-state index contributed by atoms with van der Waals surface area (Å²) in [5.74, 6) is 0.506. The van der Waals surface area contributed by atoms with Gasteiger partial charge in [0.15, 0.2) is 0 Å². The van der Waals surface area contributed by atoms with E-state index in [1.165, 1.54) is 7.11 Å². The Balaban J connectivity index is 2.30. The van der Waals surface area contributed by atoms with Gasteiger partial charge in [0, 0.05) is 17.3 Å². The highest BCUT2D eigenvalue weighted by molar-refractivity contribution is 9.10. The molecule has 1 atom stereocenters. The lowest BCUT2D eigenvalue weighted by atomic mass is 9.69. The fraction of sp³-hybridized carbons (Fsp3) is 0.444. The molecule has 1 aromatic carbocycles. The summed E-state index contributed by atoms with van der Waals surface area (Å²) in [5, 5.41) is 0. The van der Waals surface area contributed by atoms with Gasteiger partial charge in [0.1, 0.15) is 11.5 Å². The topological polar surface area (TPSA) is 52.6 Å². The van der Waals surface area contributed by atoms with E-state index in [0.29, 0.717) is 19.3 Å². The molecule has 0 fully saturated rings. The van der Waals surface area contributed by atoms with Crippen LogP contribution in [0.3, 0.4) is 0 Å². The largest absolute Gasteiger partial charge is 0.497 e. The quantitative estimate of drug-likeness (QED) is 0.574. The minimum Gasteiger partial charge on any atom is -0.497 e. The summed E-state index contributed by atoms with van der Waals surface area (Å²) < 4.78 is 11.2. The molecule has 1 unspecified atom stereocenters. The van der Waals surface area contributed by atoms with Crippen molar-refractivity contribution in [2.75, 3.05) is 14.2 Å². The van der Waals surface area contributed by atoms with Crippen LogP contribution in [-0.4, -0.2) is 26.0 Å². The van der Waals surface area contributed by atoms with Crippen molar-refractivity contribution >= 4 is 27.7 Å². The van der Waals surface area contributed by atoms with Crippen molar-refractivity contribution in [1.82, 2.24) is 0 Å². The zero-order chi connectivity index (χ0) is 17.0. The van der Waals surface area contributed by atoms with Crippen molar-refractivity contribution in [3.8, 4) is 5.75 Å². The number of methoxy groups -OCH3 is 2. The van der Waals surface area contributed by atoms with Crippen LogP contribution in [0.25, 0.3) is 0 Å². The monoisotopic (exact) mass is 380 g/mol. The van der Waals surface area contributed by atoms with Gasteiger partial charge in [-0.05, 0) is 43.5 Å². The number of halogens is 1. The fourth-order valence-corrected chi connectivity index (χ4v) is 3.49. The molecule has 4 nitrogen and oxygen atoms in total. The van der Waals surface area contributed by atoms with Crippen molar-refractivity contribution < 1.29 is 19.1 Å². The van der Waals surface area contributed by atoms with Crippen LogP contribution in [0.5, 0.6) is 5.75 Å². The lowest BCUT2D eigenvalue weighted by Gasteiger charge is -2.34. The van der Waals surface area contributed by atoms with Gasteiger partial charge in [-0.2, -0.15) is 0 Å². The van der Waals surface area contributed by atoms with Crippen LogP contribution in [0.4, 0.5) is 0 Å². The van der Waals surface area contributed by atoms with Crippen LogP contribution in [0.1, 0.15) is 31.7 Å². The second-order valence-corrected chi connectivity index (χ2v) is 6.69. The fourth-order valence-electron chi connectivity index (χ4n) is 3.04. The number of esters is 1. The van der Waals surface area contributed by atoms with E-state index in [1.807, 2.05) is 31.2 Å². The third-order valence-corrected chi connectivity index (χ3v) is 5.31. The molecule has 0 heterocycles. The standard InChI is InChI=1S/C18H21BrO4/c1-12-4-5-14(20)11-18(12,17(21)23-3)9-8-13-10-15(22-2)6-7-16(13)19/h4,6-7,10H,5,8-9,11H2,1-3H3. The van der Waals surface area contributed by atoms with Crippen molar-refractivity contribution in [1.29, 1.82) is 0 Å².